The average Bonchev–Trinajstić information content (AvgIpc) is 3.01. The second-order valence-corrected chi connectivity index (χ2v) is 3.92. The third-order valence-electron chi connectivity index (χ3n) is 3.14. The quantitative estimate of drug-likeness (QED) is 0.648. The molecule has 3 heteroatoms. The van der Waals surface area contributed by atoms with E-state index in [0.717, 1.165) is 13.1 Å². The fourth-order valence-electron chi connectivity index (χ4n) is 2.23. The summed E-state index contributed by atoms with van der Waals surface area (Å²) in [5.74, 6) is 0.521. The van der Waals surface area contributed by atoms with Gasteiger partial charge >= 0.3 is 0 Å². The number of nitrogens with zero attached hydrogens (tertiary/aromatic N) is 2. The molecule has 1 saturated carbocycles. The standard InChI is InChI=1S/C11H20N2O/c1-4-13(5-2)11(8-12,9-14-3)10-6-7-10/h10H,4-7,9H2,1-3H3. The van der Waals surface area contributed by atoms with E-state index in [0.29, 0.717) is 12.5 Å². The van der Waals surface area contributed by atoms with Crippen LogP contribution in [0.2, 0.25) is 0 Å². The number of methoxy groups -OCH3 is 1. The van der Waals surface area contributed by atoms with Gasteiger partial charge in [-0.2, -0.15) is 5.26 Å². The molecular formula is C11H20N2O. The molecule has 0 aromatic carbocycles. The highest BCUT2D eigenvalue weighted by atomic mass is 16.5. The number of rotatable bonds is 6. The lowest BCUT2D eigenvalue weighted by Gasteiger charge is -2.37. The lowest BCUT2D eigenvalue weighted by atomic mass is 9.93. The van der Waals surface area contributed by atoms with Crippen molar-refractivity contribution in [2.24, 2.45) is 5.92 Å². The molecule has 1 aliphatic rings. The van der Waals surface area contributed by atoms with E-state index in [9.17, 15) is 5.26 Å². The van der Waals surface area contributed by atoms with E-state index in [2.05, 4.69) is 24.8 Å². The highest BCUT2D eigenvalue weighted by Gasteiger charge is 2.49. The lowest BCUT2D eigenvalue weighted by Crippen LogP contribution is -2.52. The van der Waals surface area contributed by atoms with Crippen LogP contribution in [0.1, 0.15) is 26.7 Å². The lowest BCUT2D eigenvalue weighted by molar-refractivity contribution is 0.0380. The van der Waals surface area contributed by atoms with Crippen molar-refractivity contribution in [2.45, 2.75) is 32.2 Å². The third-order valence-corrected chi connectivity index (χ3v) is 3.14. The van der Waals surface area contributed by atoms with Crippen molar-refractivity contribution < 1.29 is 4.74 Å². The average molecular weight is 196 g/mol. The van der Waals surface area contributed by atoms with E-state index in [-0.39, 0.29) is 5.54 Å². The van der Waals surface area contributed by atoms with Crippen LogP contribution in [0.15, 0.2) is 0 Å². The molecular weight excluding hydrogens is 176 g/mol. The molecule has 1 unspecified atom stereocenters. The first-order valence-corrected chi connectivity index (χ1v) is 5.40. The maximum Gasteiger partial charge on any atom is 0.135 e. The minimum Gasteiger partial charge on any atom is -0.382 e. The molecule has 14 heavy (non-hydrogen) atoms. The van der Waals surface area contributed by atoms with Gasteiger partial charge in [-0.25, -0.2) is 0 Å². The van der Waals surface area contributed by atoms with Gasteiger partial charge in [-0.3, -0.25) is 4.90 Å². The Bertz CT molecular complexity index is 216. The molecule has 1 fully saturated rings. The van der Waals surface area contributed by atoms with Gasteiger partial charge in [-0.05, 0) is 31.8 Å². The minimum atomic E-state index is -0.363. The van der Waals surface area contributed by atoms with Gasteiger partial charge in [0.15, 0.2) is 0 Å². The van der Waals surface area contributed by atoms with E-state index in [4.69, 9.17) is 4.74 Å². The first kappa shape index (κ1) is 11.5. The zero-order chi connectivity index (χ0) is 10.6. The Morgan fingerprint density at radius 1 is 1.43 bits per heavy atom. The van der Waals surface area contributed by atoms with Crippen LogP contribution in [0.3, 0.4) is 0 Å². The third kappa shape index (κ3) is 1.92. The van der Waals surface area contributed by atoms with Gasteiger partial charge in [0.05, 0.1) is 12.7 Å². The second kappa shape index (κ2) is 4.77. The number of hydrogen-bond acceptors (Lipinski definition) is 3. The Morgan fingerprint density at radius 3 is 2.29 bits per heavy atom. The van der Waals surface area contributed by atoms with Crippen molar-refractivity contribution in [3.8, 4) is 6.07 Å². The van der Waals surface area contributed by atoms with Crippen molar-refractivity contribution in [1.82, 2.24) is 4.90 Å². The summed E-state index contributed by atoms with van der Waals surface area (Å²) in [4.78, 5) is 2.23. The first-order chi connectivity index (χ1) is 6.75. The number of likely N-dealkylation sites (N-methyl/N-ethyl adjacent to an activating group) is 1. The fourth-order valence-corrected chi connectivity index (χ4v) is 2.23. The molecule has 0 spiro atoms. The van der Waals surface area contributed by atoms with Gasteiger partial charge in [0, 0.05) is 7.11 Å². The smallest absolute Gasteiger partial charge is 0.135 e. The predicted molar refractivity (Wildman–Crippen MR) is 55.9 cm³/mol. The Balaban J connectivity index is 2.82. The van der Waals surface area contributed by atoms with E-state index in [1.807, 2.05) is 0 Å². The summed E-state index contributed by atoms with van der Waals surface area (Å²) in [6.07, 6.45) is 2.35. The van der Waals surface area contributed by atoms with E-state index in [1.54, 1.807) is 7.11 Å². The molecule has 0 heterocycles. The summed E-state index contributed by atoms with van der Waals surface area (Å²) in [5, 5.41) is 9.38. The summed E-state index contributed by atoms with van der Waals surface area (Å²) in [7, 11) is 1.68. The van der Waals surface area contributed by atoms with Crippen LogP contribution in [0.5, 0.6) is 0 Å². The van der Waals surface area contributed by atoms with Crippen LogP contribution in [0.25, 0.3) is 0 Å². The number of hydrogen-bond donors (Lipinski definition) is 0. The number of nitriles is 1. The van der Waals surface area contributed by atoms with Crippen LogP contribution < -0.4 is 0 Å². The van der Waals surface area contributed by atoms with Crippen LogP contribution >= 0.6 is 0 Å². The minimum absolute atomic E-state index is 0.363. The van der Waals surface area contributed by atoms with Gasteiger partial charge in [-0.1, -0.05) is 13.8 Å². The largest absolute Gasteiger partial charge is 0.382 e. The van der Waals surface area contributed by atoms with Gasteiger partial charge in [0.25, 0.3) is 0 Å². The highest BCUT2D eigenvalue weighted by Crippen LogP contribution is 2.43. The van der Waals surface area contributed by atoms with Crippen molar-refractivity contribution in [1.29, 1.82) is 5.26 Å². The van der Waals surface area contributed by atoms with Crippen molar-refractivity contribution >= 4 is 0 Å². The van der Waals surface area contributed by atoms with E-state index in [1.165, 1.54) is 12.8 Å². The molecule has 80 valence electrons. The molecule has 0 aromatic rings. The molecule has 0 saturated heterocycles. The van der Waals surface area contributed by atoms with Crippen molar-refractivity contribution in [3.63, 3.8) is 0 Å². The monoisotopic (exact) mass is 196 g/mol. The Labute approximate surface area is 86.6 Å². The number of ether oxygens (including phenoxy) is 1. The molecule has 1 aliphatic carbocycles. The summed E-state index contributed by atoms with van der Waals surface area (Å²) in [5.41, 5.74) is -0.363. The summed E-state index contributed by atoms with van der Waals surface area (Å²) >= 11 is 0. The highest BCUT2D eigenvalue weighted by molar-refractivity contribution is 5.16. The van der Waals surface area contributed by atoms with Crippen molar-refractivity contribution in [2.75, 3.05) is 26.8 Å². The summed E-state index contributed by atoms with van der Waals surface area (Å²) in [6.45, 7) is 6.59. The maximum atomic E-state index is 9.38. The second-order valence-electron chi connectivity index (χ2n) is 3.92. The molecule has 3 nitrogen and oxygen atoms in total. The topological polar surface area (TPSA) is 36.3 Å². The van der Waals surface area contributed by atoms with Gasteiger partial charge < -0.3 is 4.74 Å². The Hall–Kier alpha value is -0.590. The van der Waals surface area contributed by atoms with Crippen LogP contribution in [0, 0.1) is 17.2 Å². The molecule has 1 rings (SSSR count). The van der Waals surface area contributed by atoms with Crippen LogP contribution in [-0.4, -0.2) is 37.2 Å². The molecule has 0 aliphatic heterocycles. The molecule has 0 N–H and O–H groups in total. The molecule has 0 bridgehead atoms. The van der Waals surface area contributed by atoms with Crippen LogP contribution in [0.4, 0.5) is 0 Å². The van der Waals surface area contributed by atoms with Gasteiger partial charge in [0.1, 0.15) is 5.54 Å². The maximum absolute atomic E-state index is 9.38. The SMILES string of the molecule is CCN(CC)C(C#N)(COC)C1CC1. The van der Waals surface area contributed by atoms with E-state index < -0.39 is 0 Å². The molecule has 0 radical (unpaired) electrons. The Morgan fingerprint density at radius 2 is 2.00 bits per heavy atom. The van der Waals surface area contributed by atoms with Gasteiger partial charge in [-0.15, -0.1) is 0 Å². The van der Waals surface area contributed by atoms with Crippen LogP contribution in [-0.2, 0) is 4.74 Å². The normalized spacial score (nSPS) is 20.5. The fraction of sp³-hybridized carbons (Fsp3) is 0.909. The first-order valence-electron chi connectivity index (χ1n) is 5.40. The molecule has 1 atom stereocenters. The molecule has 0 amide bonds. The van der Waals surface area contributed by atoms with E-state index >= 15 is 0 Å². The summed E-state index contributed by atoms with van der Waals surface area (Å²) < 4.78 is 5.22. The van der Waals surface area contributed by atoms with Crippen molar-refractivity contribution in [3.05, 3.63) is 0 Å². The zero-order valence-corrected chi connectivity index (χ0v) is 9.42. The Kier molecular flexibility index (Phi) is 3.91. The van der Waals surface area contributed by atoms with Gasteiger partial charge in [0.2, 0.25) is 0 Å². The summed E-state index contributed by atoms with van der Waals surface area (Å²) in [6, 6.07) is 2.48. The predicted octanol–water partition coefficient (Wildman–Crippen LogP) is 1.65. The molecule has 0 aromatic heterocycles. The zero-order valence-electron chi connectivity index (χ0n) is 9.42.